The number of aryl methyl sites for hydroxylation is 1. The fourth-order valence-corrected chi connectivity index (χ4v) is 1.82. The number of rotatable bonds is 7. The highest BCUT2D eigenvalue weighted by Crippen LogP contribution is 2.04. The molecule has 0 aromatic carbocycles. The molecule has 1 aromatic heterocycles. The Morgan fingerprint density at radius 1 is 1.56 bits per heavy atom. The third-order valence-electron chi connectivity index (χ3n) is 2.67. The van der Waals surface area contributed by atoms with Gasteiger partial charge in [-0.15, -0.1) is 0 Å². The maximum atomic E-state index is 12.2. The molecule has 1 heterocycles. The topological polar surface area (TPSA) is 64.2 Å². The molecule has 100 valence electrons. The summed E-state index contributed by atoms with van der Waals surface area (Å²) >= 11 is 4.86. The van der Waals surface area contributed by atoms with Crippen molar-refractivity contribution in [3.8, 4) is 0 Å². The Balaban J connectivity index is 2.95. The van der Waals surface area contributed by atoms with E-state index in [4.69, 9.17) is 18.0 Å². The zero-order valence-corrected chi connectivity index (χ0v) is 11.7. The number of nitrogens with zero attached hydrogens (tertiary/aromatic N) is 3. The molecule has 18 heavy (non-hydrogen) atoms. The Hall–Kier alpha value is -1.43. The van der Waals surface area contributed by atoms with Crippen LogP contribution in [0.5, 0.6) is 0 Å². The zero-order valence-electron chi connectivity index (χ0n) is 10.9. The van der Waals surface area contributed by atoms with Crippen LogP contribution >= 0.6 is 12.2 Å². The molecule has 0 atom stereocenters. The normalized spacial score (nSPS) is 10.3. The predicted molar refractivity (Wildman–Crippen MR) is 78.1 cm³/mol. The minimum Gasteiger partial charge on any atom is -0.393 e. The van der Waals surface area contributed by atoms with Crippen molar-refractivity contribution in [2.75, 3.05) is 18.0 Å². The van der Waals surface area contributed by atoms with Gasteiger partial charge < -0.3 is 15.2 Å². The third-order valence-corrected chi connectivity index (χ3v) is 2.87. The molecule has 0 bridgehead atoms. The summed E-state index contributed by atoms with van der Waals surface area (Å²) in [4.78, 5) is 18.7. The molecule has 0 fully saturated rings. The van der Waals surface area contributed by atoms with Gasteiger partial charge in [0.1, 0.15) is 0 Å². The molecular weight excluding hydrogens is 248 g/mol. The molecule has 2 N–H and O–H groups in total. The molecule has 0 aliphatic rings. The predicted octanol–water partition coefficient (Wildman–Crippen LogP) is 1.16. The van der Waals surface area contributed by atoms with Gasteiger partial charge >= 0.3 is 0 Å². The first kappa shape index (κ1) is 14.6. The fraction of sp³-hybridized carbons (Fsp3) is 0.583. The molecule has 0 aliphatic heterocycles. The number of thiocarbonyl (C=S) groups is 1. The summed E-state index contributed by atoms with van der Waals surface area (Å²) in [5, 5.41) is 0. The van der Waals surface area contributed by atoms with Crippen LogP contribution in [-0.2, 0) is 6.54 Å². The summed E-state index contributed by atoms with van der Waals surface area (Å²) in [5.41, 5.74) is 5.44. The van der Waals surface area contributed by atoms with Crippen molar-refractivity contribution in [2.45, 2.75) is 33.2 Å². The van der Waals surface area contributed by atoms with E-state index in [1.165, 1.54) is 0 Å². The lowest BCUT2D eigenvalue weighted by Gasteiger charge is -2.21. The fourth-order valence-electron chi connectivity index (χ4n) is 1.73. The van der Waals surface area contributed by atoms with E-state index in [-0.39, 0.29) is 5.56 Å². The number of hydrogen-bond acceptors (Lipinski definition) is 4. The Labute approximate surface area is 113 Å². The highest BCUT2D eigenvalue weighted by Gasteiger charge is 2.12. The summed E-state index contributed by atoms with van der Waals surface area (Å²) in [5.74, 6) is 0.477. The molecule has 0 unspecified atom stereocenters. The Kier molecular flexibility index (Phi) is 5.77. The van der Waals surface area contributed by atoms with Gasteiger partial charge in [-0.05, 0) is 13.3 Å². The van der Waals surface area contributed by atoms with Crippen molar-refractivity contribution in [2.24, 2.45) is 5.73 Å². The monoisotopic (exact) mass is 268 g/mol. The highest BCUT2D eigenvalue weighted by molar-refractivity contribution is 7.80. The van der Waals surface area contributed by atoms with E-state index in [9.17, 15) is 4.79 Å². The van der Waals surface area contributed by atoms with Crippen LogP contribution in [0.15, 0.2) is 17.2 Å². The van der Waals surface area contributed by atoms with E-state index in [1.54, 1.807) is 17.0 Å². The number of hydrogen-bond donors (Lipinski definition) is 1. The van der Waals surface area contributed by atoms with Crippen LogP contribution in [0.25, 0.3) is 0 Å². The molecule has 0 radical (unpaired) electrons. The first-order valence-corrected chi connectivity index (χ1v) is 6.59. The van der Waals surface area contributed by atoms with Crippen molar-refractivity contribution in [3.05, 3.63) is 22.7 Å². The van der Waals surface area contributed by atoms with Gasteiger partial charge in [0.2, 0.25) is 0 Å². The van der Waals surface area contributed by atoms with Crippen LogP contribution in [0.3, 0.4) is 0 Å². The van der Waals surface area contributed by atoms with Crippen LogP contribution in [0.4, 0.5) is 5.82 Å². The van der Waals surface area contributed by atoms with Crippen molar-refractivity contribution in [3.63, 3.8) is 0 Å². The van der Waals surface area contributed by atoms with Crippen LogP contribution in [-0.4, -0.2) is 27.6 Å². The Morgan fingerprint density at radius 3 is 2.83 bits per heavy atom. The van der Waals surface area contributed by atoms with Gasteiger partial charge in [0, 0.05) is 38.4 Å². The average Bonchev–Trinajstić information content (AvgIpc) is 2.34. The summed E-state index contributed by atoms with van der Waals surface area (Å²) in [6, 6.07) is 0. The number of nitrogens with two attached hydrogens (primary N) is 1. The van der Waals surface area contributed by atoms with Gasteiger partial charge in [0.05, 0.1) is 4.99 Å². The van der Waals surface area contributed by atoms with E-state index in [0.29, 0.717) is 36.9 Å². The van der Waals surface area contributed by atoms with Gasteiger partial charge in [-0.1, -0.05) is 19.1 Å². The van der Waals surface area contributed by atoms with Gasteiger partial charge in [0.25, 0.3) is 5.56 Å². The Bertz CT molecular complexity index is 458. The molecule has 0 saturated heterocycles. The van der Waals surface area contributed by atoms with Crippen molar-refractivity contribution in [1.82, 2.24) is 9.55 Å². The summed E-state index contributed by atoms with van der Waals surface area (Å²) in [6.07, 6.45) is 4.89. The van der Waals surface area contributed by atoms with E-state index in [1.807, 2.05) is 18.7 Å². The summed E-state index contributed by atoms with van der Waals surface area (Å²) < 4.78 is 1.69. The highest BCUT2D eigenvalue weighted by atomic mass is 32.1. The Morgan fingerprint density at radius 2 is 2.28 bits per heavy atom. The second-order valence-corrected chi connectivity index (χ2v) is 4.57. The SMILES string of the molecule is CCCn1ccnc(N(CC)CCC(N)=S)c1=O. The molecule has 5 nitrogen and oxygen atoms in total. The lowest BCUT2D eigenvalue weighted by molar-refractivity contribution is 0.642. The average molecular weight is 268 g/mol. The van der Waals surface area contributed by atoms with Gasteiger partial charge in [-0.2, -0.15) is 0 Å². The van der Waals surface area contributed by atoms with Crippen molar-refractivity contribution in [1.29, 1.82) is 0 Å². The number of anilines is 1. The van der Waals surface area contributed by atoms with Crippen LogP contribution in [0.1, 0.15) is 26.7 Å². The minimum absolute atomic E-state index is 0.0517. The largest absolute Gasteiger partial charge is 0.393 e. The molecule has 0 amide bonds. The maximum absolute atomic E-state index is 12.2. The molecule has 6 heteroatoms. The van der Waals surface area contributed by atoms with Crippen molar-refractivity contribution < 1.29 is 0 Å². The second-order valence-electron chi connectivity index (χ2n) is 4.05. The third kappa shape index (κ3) is 3.80. The molecule has 1 rings (SSSR count). The van der Waals surface area contributed by atoms with Gasteiger partial charge in [0.15, 0.2) is 5.82 Å². The smallest absolute Gasteiger partial charge is 0.293 e. The van der Waals surface area contributed by atoms with E-state index in [2.05, 4.69) is 4.98 Å². The van der Waals surface area contributed by atoms with E-state index in [0.717, 1.165) is 6.42 Å². The van der Waals surface area contributed by atoms with E-state index < -0.39 is 0 Å². The molecule has 1 aromatic rings. The van der Waals surface area contributed by atoms with Gasteiger partial charge in [-0.3, -0.25) is 4.79 Å². The lowest BCUT2D eigenvalue weighted by atomic mass is 10.3. The second kappa shape index (κ2) is 7.10. The standard InChI is InChI=1S/C12H20N4OS/c1-3-7-16-9-6-14-11(12(16)17)15(4-2)8-5-10(13)18/h6,9H,3-5,7-8H2,1-2H3,(H2,13,18). The van der Waals surface area contributed by atoms with Crippen LogP contribution in [0.2, 0.25) is 0 Å². The van der Waals surface area contributed by atoms with Gasteiger partial charge in [-0.25, -0.2) is 4.98 Å². The van der Waals surface area contributed by atoms with Crippen LogP contribution < -0.4 is 16.2 Å². The number of aromatic nitrogens is 2. The summed E-state index contributed by atoms with van der Waals surface area (Å²) in [6.45, 7) is 6.07. The minimum atomic E-state index is -0.0517. The van der Waals surface area contributed by atoms with Crippen molar-refractivity contribution >= 4 is 23.0 Å². The molecule has 0 aliphatic carbocycles. The maximum Gasteiger partial charge on any atom is 0.293 e. The van der Waals surface area contributed by atoms with E-state index >= 15 is 0 Å². The quantitative estimate of drug-likeness (QED) is 0.752. The molecular formula is C12H20N4OS. The molecule has 0 spiro atoms. The lowest BCUT2D eigenvalue weighted by Crippen LogP contribution is -2.35. The first-order chi connectivity index (χ1) is 8.60. The summed E-state index contributed by atoms with van der Waals surface area (Å²) in [7, 11) is 0. The first-order valence-electron chi connectivity index (χ1n) is 6.18. The zero-order chi connectivity index (χ0) is 13.5. The molecule has 0 saturated carbocycles. The van der Waals surface area contributed by atoms with Crippen LogP contribution in [0, 0.1) is 0 Å².